The molecule has 1 aliphatic heterocycles. The molecule has 2 heterocycles. The molecular formula is C37H50N6O5S2. The molecule has 0 bridgehead atoms. The lowest BCUT2D eigenvalue weighted by Gasteiger charge is -2.31. The maximum Gasteiger partial charge on any atom is 0.407 e. The van der Waals surface area contributed by atoms with Gasteiger partial charge in [-0.25, -0.2) is 9.59 Å². The van der Waals surface area contributed by atoms with Crippen LogP contribution < -0.4 is 21.3 Å². The number of carbonyl (C=O) groups excluding carboxylic acids is 3. The van der Waals surface area contributed by atoms with Crippen LogP contribution in [-0.4, -0.2) is 76.2 Å². The van der Waals surface area contributed by atoms with Crippen molar-refractivity contribution in [3.63, 3.8) is 0 Å². The number of thioether (sulfide) groups is 1. The Morgan fingerprint density at radius 2 is 1.62 bits per heavy atom. The van der Waals surface area contributed by atoms with Gasteiger partial charge in [-0.1, -0.05) is 88.4 Å². The van der Waals surface area contributed by atoms with Gasteiger partial charge in [0.05, 0.1) is 34.5 Å². The van der Waals surface area contributed by atoms with Crippen molar-refractivity contribution in [2.75, 3.05) is 13.6 Å². The van der Waals surface area contributed by atoms with E-state index in [1.807, 2.05) is 79.9 Å². The predicted molar refractivity (Wildman–Crippen MR) is 199 cm³/mol. The van der Waals surface area contributed by atoms with Crippen LogP contribution in [-0.2, 0) is 29.0 Å². The summed E-state index contributed by atoms with van der Waals surface area (Å²) in [5.41, 5.74) is 4.53. The van der Waals surface area contributed by atoms with Gasteiger partial charge >= 0.3 is 12.1 Å². The van der Waals surface area contributed by atoms with E-state index in [-0.39, 0.29) is 36.3 Å². The van der Waals surface area contributed by atoms with E-state index in [4.69, 9.17) is 4.74 Å². The van der Waals surface area contributed by atoms with Crippen molar-refractivity contribution in [1.29, 1.82) is 0 Å². The van der Waals surface area contributed by atoms with Gasteiger partial charge in [0.15, 0.2) is 0 Å². The van der Waals surface area contributed by atoms with E-state index in [0.29, 0.717) is 25.3 Å². The third-order valence-corrected chi connectivity index (χ3v) is 10.5. The number of rotatable bonds is 17. The number of ether oxygens (including phenoxy) is 1. The molecule has 0 fully saturated rings. The molecule has 5 atom stereocenters. The van der Waals surface area contributed by atoms with Gasteiger partial charge in [0, 0.05) is 25.0 Å². The first-order valence-electron chi connectivity index (χ1n) is 17.0. The van der Waals surface area contributed by atoms with Gasteiger partial charge in [-0.05, 0) is 47.6 Å². The predicted octanol–water partition coefficient (Wildman–Crippen LogP) is 5.29. The number of aliphatic hydroxyl groups is 1. The summed E-state index contributed by atoms with van der Waals surface area (Å²) in [6.07, 6.45) is 0.864. The summed E-state index contributed by atoms with van der Waals surface area (Å²) in [5.74, 6) is -0.114. The van der Waals surface area contributed by atoms with Crippen LogP contribution in [0.1, 0.15) is 50.1 Å². The molecule has 0 aliphatic carbocycles. The number of nitrogens with one attached hydrogen (secondary N) is 4. The van der Waals surface area contributed by atoms with Crippen LogP contribution in [0.3, 0.4) is 0 Å². The average molecular weight is 723 g/mol. The zero-order chi connectivity index (χ0) is 36.0. The minimum Gasteiger partial charge on any atom is -0.444 e. The van der Waals surface area contributed by atoms with Gasteiger partial charge in [-0.15, -0.1) is 23.1 Å². The Balaban J connectivity index is 1.45. The Bertz CT molecular complexity index is 1520. The van der Waals surface area contributed by atoms with Gasteiger partial charge in [0.1, 0.15) is 12.6 Å². The summed E-state index contributed by atoms with van der Waals surface area (Å²) < 4.78 is 5.43. The number of nitrogens with zero attached hydrogens (tertiary/aromatic N) is 2. The second-order valence-electron chi connectivity index (χ2n) is 13.3. The van der Waals surface area contributed by atoms with Crippen LogP contribution >= 0.6 is 23.1 Å². The monoisotopic (exact) mass is 722 g/mol. The van der Waals surface area contributed by atoms with Gasteiger partial charge in [0.25, 0.3) is 0 Å². The third-order valence-electron chi connectivity index (χ3n) is 8.36. The highest BCUT2D eigenvalue weighted by molar-refractivity contribution is 8.03. The number of hydrogen-bond donors (Lipinski definition) is 5. The number of benzene rings is 2. The Morgan fingerprint density at radius 1 is 0.960 bits per heavy atom. The molecule has 4 rings (SSSR count). The molecule has 5 N–H and O–H groups in total. The number of carbonyl (C=O) groups is 3. The average Bonchev–Trinajstić information content (AvgIpc) is 3.79. The molecule has 13 heteroatoms. The van der Waals surface area contributed by atoms with Gasteiger partial charge in [0.2, 0.25) is 5.91 Å². The van der Waals surface area contributed by atoms with E-state index < -0.39 is 30.3 Å². The van der Waals surface area contributed by atoms with Crippen molar-refractivity contribution in [1.82, 2.24) is 31.2 Å². The quantitative estimate of drug-likeness (QED) is 0.127. The summed E-state index contributed by atoms with van der Waals surface area (Å²) in [7, 11) is 1.71. The molecule has 1 aromatic heterocycles. The molecule has 3 aromatic rings. The molecule has 0 radical (unpaired) electrons. The van der Waals surface area contributed by atoms with Crippen molar-refractivity contribution < 1.29 is 24.2 Å². The highest BCUT2D eigenvalue weighted by atomic mass is 32.2. The zero-order valence-corrected chi connectivity index (χ0v) is 31.0. The van der Waals surface area contributed by atoms with E-state index >= 15 is 0 Å². The number of thiazole rings is 1. The Kier molecular flexibility index (Phi) is 15.0. The normalized spacial score (nSPS) is 16.5. The van der Waals surface area contributed by atoms with Gasteiger partial charge < -0.3 is 36.0 Å². The minimum atomic E-state index is -1.04. The van der Waals surface area contributed by atoms with Crippen LogP contribution in [0.4, 0.5) is 9.59 Å². The fourth-order valence-corrected chi connectivity index (χ4v) is 7.04. The van der Waals surface area contributed by atoms with Crippen molar-refractivity contribution in [2.45, 2.75) is 83.2 Å². The van der Waals surface area contributed by atoms with E-state index in [1.54, 1.807) is 35.4 Å². The second-order valence-corrected chi connectivity index (χ2v) is 15.3. The summed E-state index contributed by atoms with van der Waals surface area (Å²) in [4.78, 5) is 46.4. The largest absolute Gasteiger partial charge is 0.444 e. The summed E-state index contributed by atoms with van der Waals surface area (Å²) >= 11 is 3.09. The van der Waals surface area contributed by atoms with Crippen LogP contribution in [0.25, 0.3) is 0 Å². The van der Waals surface area contributed by atoms with Gasteiger partial charge in [-0.3, -0.25) is 9.78 Å². The number of aliphatic hydroxyl groups excluding tert-OH is 1. The van der Waals surface area contributed by atoms with Crippen LogP contribution in [0.2, 0.25) is 0 Å². The van der Waals surface area contributed by atoms with Crippen molar-refractivity contribution in [2.24, 2.45) is 11.8 Å². The lowest BCUT2D eigenvalue weighted by atomic mass is 9.93. The summed E-state index contributed by atoms with van der Waals surface area (Å²) in [6.45, 7) is 8.52. The Labute approximate surface area is 303 Å². The van der Waals surface area contributed by atoms with E-state index in [0.717, 1.165) is 21.7 Å². The molecule has 4 amide bonds. The highest BCUT2D eigenvalue weighted by Crippen LogP contribution is 2.26. The standard InChI is InChI=1S/C37H50N6O5S2/c1-24(2)33(42-36(46)43(5)20-29-22-49-35(40-29)25(3)4)34(45)39-28(16-26-12-8-6-9-13-26)18-32(44)31(17-27-14-10-7-11-15-27)41-37(47)48-21-30-19-38-23-50-30/h6-15,19,22-25,28,31-33,35,40,44H,16-18,20-21H2,1-5H3,(H,39,45)(H,41,47)(H,42,46)/t28-,31-,32-,33-,35?/m0/s1. The van der Waals surface area contributed by atoms with Crippen molar-refractivity contribution in [3.8, 4) is 0 Å². The molecular weight excluding hydrogens is 673 g/mol. The summed E-state index contributed by atoms with van der Waals surface area (Å²) in [6, 6.07) is 16.9. The first-order valence-corrected chi connectivity index (χ1v) is 18.8. The topological polar surface area (TPSA) is 145 Å². The molecule has 0 spiro atoms. The first-order chi connectivity index (χ1) is 24.0. The smallest absolute Gasteiger partial charge is 0.407 e. The lowest BCUT2D eigenvalue weighted by Crippen LogP contribution is -2.56. The number of urea groups is 1. The molecule has 50 heavy (non-hydrogen) atoms. The van der Waals surface area contributed by atoms with Crippen molar-refractivity contribution >= 4 is 41.1 Å². The minimum absolute atomic E-state index is 0.0698. The van der Waals surface area contributed by atoms with Gasteiger partial charge in [-0.2, -0.15) is 0 Å². The molecule has 2 aromatic carbocycles. The Morgan fingerprint density at radius 3 is 2.20 bits per heavy atom. The number of amides is 4. The van der Waals surface area contributed by atoms with E-state index in [2.05, 4.69) is 40.1 Å². The molecule has 1 aliphatic rings. The molecule has 0 saturated carbocycles. The molecule has 270 valence electrons. The van der Waals surface area contributed by atoms with Crippen LogP contribution in [0.5, 0.6) is 0 Å². The maximum absolute atomic E-state index is 13.9. The van der Waals surface area contributed by atoms with E-state index in [9.17, 15) is 19.5 Å². The van der Waals surface area contributed by atoms with Crippen molar-refractivity contribution in [3.05, 3.63) is 99.5 Å². The number of likely N-dealkylation sites (N-methyl/N-ethyl adjacent to an activating group) is 1. The number of aromatic nitrogens is 1. The first kappa shape index (κ1) is 38.7. The number of hydrogen-bond acceptors (Lipinski definition) is 9. The number of alkyl carbamates (subject to hydrolysis) is 1. The Hall–Kier alpha value is -4.07. The summed E-state index contributed by atoms with van der Waals surface area (Å²) in [5, 5.41) is 26.3. The molecule has 1 unspecified atom stereocenters. The SMILES string of the molecule is CC(C)C1NC(CN(C)C(=O)N[C@H](C(=O)N[C@@H](Cc2ccccc2)C[C@H](O)[C@H](Cc2ccccc2)NC(=O)OCc2cncs2)C(C)C)=CS1. The van der Waals surface area contributed by atoms with E-state index in [1.165, 1.54) is 11.3 Å². The fourth-order valence-electron chi connectivity index (χ4n) is 5.55. The highest BCUT2D eigenvalue weighted by Gasteiger charge is 2.31. The lowest BCUT2D eigenvalue weighted by molar-refractivity contribution is -0.124. The maximum atomic E-state index is 13.9. The molecule has 0 saturated heterocycles. The van der Waals surface area contributed by atoms with Crippen LogP contribution in [0, 0.1) is 11.8 Å². The molecule has 11 nitrogen and oxygen atoms in total. The van der Waals surface area contributed by atoms with Crippen LogP contribution in [0.15, 0.2) is 83.5 Å². The second kappa shape index (κ2) is 19.4. The fraction of sp³-hybridized carbons (Fsp3) is 0.459. The zero-order valence-electron chi connectivity index (χ0n) is 29.4. The third kappa shape index (κ3) is 12.4.